The molecule has 1 aliphatic heterocycles. The van der Waals surface area contributed by atoms with Crippen molar-refractivity contribution in [3.05, 3.63) is 88.6 Å². The van der Waals surface area contributed by atoms with Crippen molar-refractivity contribution in [1.82, 2.24) is 4.90 Å². The van der Waals surface area contributed by atoms with E-state index in [2.05, 4.69) is 42.2 Å². The molecule has 1 saturated heterocycles. The molecular formula is C27H28BCl2NO3. The van der Waals surface area contributed by atoms with Gasteiger partial charge in [0.2, 0.25) is 0 Å². The Morgan fingerprint density at radius 1 is 0.971 bits per heavy atom. The summed E-state index contributed by atoms with van der Waals surface area (Å²) >= 11 is 11.9. The number of benzene rings is 3. The van der Waals surface area contributed by atoms with Gasteiger partial charge in [-0.15, -0.1) is 0 Å². The highest BCUT2D eigenvalue weighted by Gasteiger charge is 2.20. The van der Waals surface area contributed by atoms with Crippen molar-refractivity contribution in [2.75, 3.05) is 13.1 Å². The van der Waals surface area contributed by atoms with E-state index in [0.717, 1.165) is 45.8 Å². The molecule has 1 aromatic heterocycles. The van der Waals surface area contributed by atoms with Crippen LogP contribution in [0.3, 0.4) is 0 Å². The number of nitrogens with zero attached hydrogens (tertiary/aromatic N) is 1. The summed E-state index contributed by atoms with van der Waals surface area (Å²) in [7, 11) is -1.48. The van der Waals surface area contributed by atoms with Crippen LogP contribution in [0.4, 0.5) is 0 Å². The normalized spacial score (nSPS) is 15.9. The van der Waals surface area contributed by atoms with Gasteiger partial charge in [0, 0.05) is 45.5 Å². The molecule has 5 rings (SSSR count). The number of likely N-dealkylation sites (tertiary alicyclic amines) is 1. The summed E-state index contributed by atoms with van der Waals surface area (Å²) in [5.74, 6) is 1.07. The first-order valence-electron chi connectivity index (χ1n) is 11.5. The molecule has 1 atom stereocenters. The molecular weight excluding hydrogens is 468 g/mol. The van der Waals surface area contributed by atoms with Crippen molar-refractivity contribution in [1.29, 1.82) is 0 Å². The molecule has 4 aromatic rings. The molecule has 4 nitrogen and oxygen atoms in total. The Hall–Kier alpha value is -2.28. The zero-order valence-corrected chi connectivity index (χ0v) is 20.6. The van der Waals surface area contributed by atoms with Crippen LogP contribution in [0.1, 0.15) is 25.5 Å². The summed E-state index contributed by atoms with van der Waals surface area (Å²) in [6.07, 6.45) is 3.62. The molecule has 0 radical (unpaired) electrons. The Labute approximate surface area is 210 Å². The molecule has 2 N–H and O–H groups in total. The molecule has 34 heavy (non-hydrogen) atoms. The lowest BCUT2D eigenvalue weighted by atomic mass is 9.80. The molecule has 0 saturated carbocycles. The van der Waals surface area contributed by atoms with E-state index in [9.17, 15) is 0 Å². The monoisotopic (exact) mass is 495 g/mol. The van der Waals surface area contributed by atoms with E-state index < -0.39 is 7.12 Å². The number of furan rings is 1. The van der Waals surface area contributed by atoms with Gasteiger partial charge < -0.3 is 19.4 Å². The Morgan fingerprint density at radius 3 is 2.35 bits per heavy atom. The highest BCUT2D eigenvalue weighted by molar-refractivity contribution is 6.62. The Morgan fingerprint density at radius 2 is 1.71 bits per heavy atom. The minimum absolute atomic E-state index is 0.337. The molecule has 0 aliphatic carbocycles. The van der Waals surface area contributed by atoms with Crippen LogP contribution in [0.5, 0.6) is 0 Å². The maximum atomic E-state index is 8.68. The molecule has 0 spiro atoms. The molecule has 2 heterocycles. The van der Waals surface area contributed by atoms with Crippen molar-refractivity contribution >= 4 is 46.8 Å². The van der Waals surface area contributed by atoms with Crippen LogP contribution in [-0.4, -0.2) is 41.2 Å². The number of hydrogen-bond donors (Lipinski definition) is 2. The van der Waals surface area contributed by atoms with Gasteiger partial charge in [-0.2, -0.15) is 0 Å². The summed E-state index contributed by atoms with van der Waals surface area (Å²) in [6, 6.07) is 23.7. The maximum absolute atomic E-state index is 8.68. The van der Waals surface area contributed by atoms with Crippen LogP contribution in [0.25, 0.3) is 22.1 Å². The SMILES string of the molecule is C[C@@H]1CCCN1CCc1cc2cc(-c3ccccc3Cl)ccc2o1.OB(O)c1ccccc1Cl. The molecule has 1 aliphatic rings. The second-order valence-electron chi connectivity index (χ2n) is 8.62. The smallest absolute Gasteiger partial charge is 0.461 e. The van der Waals surface area contributed by atoms with Gasteiger partial charge in [0.25, 0.3) is 0 Å². The molecule has 3 aromatic carbocycles. The predicted molar refractivity (Wildman–Crippen MR) is 142 cm³/mol. The molecule has 0 amide bonds. The molecule has 1 fully saturated rings. The summed E-state index contributed by atoms with van der Waals surface area (Å²) < 4.78 is 6.02. The van der Waals surface area contributed by atoms with Gasteiger partial charge in [-0.05, 0) is 62.2 Å². The van der Waals surface area contributed by atoms with E-state index in [1.807, 2.05) is 18.2 Å². The van der Waals surface area contributed by atoms with Crippen LogP contribution in [0.2, 0.25) is 10.0 Å². The Bertz CT molecular complexity index is 1240. The quantitative estimate of drug-likeness (QED) is 0.343. The van der Waals surface area contributed by atoms with E-state index in [1.165, 1.54) is 19.4 Å². The van der Waals surface area contributed by atoms with Gasteiger partial charge in [0.15, 0.2) is 0 Å². The summed E-state index contributed by atoms with van der Waals surface area (Å²) in [5.41, 5.74) is 3.49. The topological polar surface area (TPSA) is 56.8 Å². The lowest BCUT2D eigenvalue weighted by Crippen LogP contribution is -2.30. The van der Waals surface area contributed by atoms with Crippen molar-refractivity contribution in [3.63, 3.8) is 0 Å². The Balaban J connectivity index is 0.000000231. The first-order chi connectivity index (χ1) is 16.4. The fraction of sp³-hybridized carbons (Fsp3) is 0.259. The highest BCUT2D eigenvalue weighted by Crippen LogP contribution is 2.31. The van der Waals surface area contributed by atoms with Crippen molar-refractivity contribution in [3.8, 4) is 11.1 Å². The molecule has 0 bridgehead atoms. The summed E-state index contributed by atoms with van der Waals surface area (Å²) in [5, 5.41) is 19.7. The summed E-state index contributed by atoms with van der Waals surface area (Å²) in [4.78, 5) is 2.56. The minimum Gasteiger partial charge on any atom is -0.461 e. The number of halogens is 2. The second-order valence-corrected chi connectivity index (χ2v) is 9.43. The standard InChI is InChI=1S/C21H22ClNO.C6H6BClO2/c1-15-5-4-11-23(15)12-10-18-14-17-13-16(8-9-21(17)24-18)19-6-2-3-7-20(19)22;8-6-4-2-1-3-5(6)7(9)10/h2-3,6-9,13-15H,4-5,10-12H2,1H3;1-4,9-10H/t15-;/m1./s1. The highest BCUT2D eigenvalue weighted by atomic mass is 35.5. The van der Waals surface area contributed by atoms with E-state index in [-0.39, 0.29) is 0 Å². The number of rotatable bonds is 5. The van der Waals surface area contributed by atoms with Crippen LogP contribution in [-0.2, 0) is 6.42 Å². The lowest BCUT2D eigenvalue weighted by Gasteiger charge is -2.19. The average molecular weight is 496 g/mol. The first kappa shape index (κ1) is 24.8. The maximum Gasteiger partial charge on any atom is 0.489 e. The van der Waals surface area contributed by atoms with Crippen molar-refractivity contribution < 1.29 is 14.5 Å². The number of fused-ring (bicyclic) bond motifs is 1. The van der Waals surface area contributed by atoms with E-state index in [1.54, 1.807) is 24.3 Å². The van der Waals surface area contributed by atoms with Gasteiger partial charge in [-0.1, -0.05) is 65.7 Å². The van der Waals surface area contributed by atoms with Gasteiger partial charge in [0.1, 0.15) is 11.3 Å². The third kappa shape index (κ3) is 6.04. The van der Waals surface area contributed by atoms with Gasteiger partial charge in [-0.3, -0.25) is 0 Å². The second kappa shape index (κ2) is 11.4. The number of hydrogen-bond acceptors (Lipinski definition) is 4. The van der Waals surface area contributed by atoms with Crippen LogP contribution >= 0.6 is 23.2 Å². The van der Waals surface area contributed by atoms with E-state index in [4.69, 9.17) is 37.7 Å². The van der Waals surface area contributed by atoms with Gasteiger partial charge in [-0.25, -0.2) is 0 Å². The minimum atomic E-state index is -1.48. The molecule has 176 valence electrons. The van der Waals surface area contributed by atoms with Crippen LogP contribution < -0.4 is 5.46 Å². The van der Waals surface area contributed by atoms with E-state index >= 15 is 0 Å². The van der Waals surface area contributed by atoms with Crippen LogP contribution in [0, 0.1) is 0 Å². The fourth-order valence-corrected chi connectivity index (χ4v) is 4.83. The third-order valence-corrected chi connectivity index (χ3v) is 6.95. The predicted octanol–water partition coefficient (Wildman–Crippen LogP) is 5.80. The zero-order valence-electron chi connectivity index (χ0n) is 19.1. The molecule has 7 heteroatoms. The third-order valence-electron chi connectivity index (χ3n) is 6.27. The summed E-state index contributed by atoms with van der Waals surface area (Å²) in [6.45, 7) is 4.62. The van der Waals surface area contributed by atoms with Gasteiger partial charge in [0.05, 0.1) is 0 Å². The van der Waals surface area contributed by atoms with Gasteiger partial charge >= 0.3 is 7.12 Å². The Kier molecular flexibility index (Phi) is 8.35. The van der Waals surface area contributed by atoms with Crippen LogP contribution in [0.15, 0.2) is 77.2 Å². The largest absolute Gasteiger partial charge is 0.489 e. The first-order valence-corrected chi connectivity index (χ1v) is 12.3. The lowest BCUT2D eigenvalue weighted by molar-refractivity contribution is 0.266. The molecule has 0 unspecified atom stereocenters. The van der Waals surface area contributed by atoms with E-state index in [0.29, 0.717) is 16.5 Å². The zero-order chi connectivity index (χ0) is 24.1. The van der Waals surface area contributed by atoms with Crippen molar-refractivity contribution in [2.45, 2.75) is 32.2 Å². The van der Waals surface area contributed by atoms with Crippen molar-refractivity contribution in [2.24, 2.45) is 0 Å². The average Bonchev–Trinajstić information content (AvgIpc) is 3.43. The fourth-order valence-electron chi connectivity index (χ4n) is 4.35.